The molecule has 1 saturated heterocycles. The van der Waals surface area contributed by atoms with Crippen LogP contribution in [0.1, 0.15) is 22.3 Å². The minimum absolute atomic E-state index is 0.223. The Bertz CT molecular complexity index is 1980. The first-order valence-electron chi connectivity index (χ1n) is 15.7. The van der Waals surface area contributed by atoms with E-state index in [-0.39, 0.29) is 11.5 Å². The lowest BCUT2D eigenvalue weighted by molar-refractivity contribution is -0.130. The van der Waals surface area contributed by atoms with E-state index in [1.54, 1.807) is 14.2 Å². The minimum atomic E-state index is -1.55. The van der Waals surface area contributed by atoms with E-state index in [9.17, 15) is 14.0 Å². The molecular formula is C41H30FNO5. The first-order chi connectivity index (χ1) is 23.4. The van der Waals surface area contributed by atoms with Crippen molar-refractivity contribution in [2.75, 3.05) is 19.1 Å². The Hall–Kier alpha value is -5.82. The number of ether oxygens (including phenoxy) is 2. The number of hydrogen-bond acceptors (Lipinski definition) is 5. The number of carbonyl (C=O) groups is 3. The Balaban J connectivity index is 1.54. The fourth-order valence-electron chi connectivity index (χ4n) is 8.48. The molecule has 2 aliphatic carbocycles. The highest BCUT2D eigenvalue weighted by Crippen LogP contribution is 2.74. The molecule has 3 aliphatic rings. The molecule has 8 rings (SSSR count). The smallest absolute Gasteiger partial charge is 0.239 e. The van der Waals surface area contributed by atoms with Crippen LogP contribution in [-0.4, -0.2) is 31.8 Å². The Morgan fingerprint density at radius 3 is 1.31 bits per heavy atom. The Morgan fingerprint density at radius 2 is 0.938 bits per heavy atom. The summed E-state index contributed by atoms with van der Waals surface area (Å²) in [5, 5.41) is 0. The third-order valence-electron chi connectivity index (χ3n) is 10.3. The fraction of sp³-hybridized carbons (Fsp3) is 0.146. The predicted molar refractivity (Wildman–Crippen MR) is 180 cm³/mol. The topological polar surface area (TPSA) is 72.9 Å². The van der Waals surface area contributed by atoms with E-state index in [0.717, 1.165) is 16.0 Å². The molecule has 0 spiro atoms. The quantitative estimate of drug-likeness (QED) is 0.180. The summed E-state index contributed by atoms with van der Waals surface area (Å²) < 4.78 is 25.1. The van der Waals surface area contributed by atoms with E-state index in [1.165, 1.54) is 24.3 Å². The number of methoxy groups -OCH3 is 2. The maximum Gasteiger partial charge on any atom is 0.239 e. The van der Waals surface area contributed by atoms with Gasteiger partial charge in [-0.2, -0.15) is 0 Å². The van der Waals surface area contributed by atoms with Crippen molar-refractivity contribution in [2.45, 2.75) is 10.8 Å². The van der Waals surface area contributed by atoms with E-state index in [2.05, 4.69) is 0 Å². The van der Waals surface area contributed by atoms with E-state index in [1.807, 2.05) is 109 Å². The molecule has 2 fully saturated rings. The molecule has 1 heterocycles. The lowest BCUT2D eigenvalue weighted by Crippen LogP contribution is -2.45. The SMILES string of the molecule is COc1ccc(C2=C(c3ccc(OC)cc3)[C@@]3(c4ccccc4)C(=O)[C@@]2(c2ccccc2)[C@@H]2C(=O)N(c4ccc(F)cc4)C(=O)[C@@H]23)cc1. The Kier molecular flexibility index (Phi) is 6.70. The van der Waals surface area contributed by atoms with Crippen LogP contribution in [0.15, 0.2) is 133 Å². The Labute approximate surface area is 277 Å². The summed E-state index contributed by atoms with van der Waals surface area (Å²) in [7, 11) is 3.18. The molecule has 6 nitrogen and oxygen atoms in total. The molecular weight excluding hydrogens is 605 g/mol. The number of amides is 2. The second-order valence-corrected chi connectivity index (χ2v) is 12.3. The van der Waals surface area contributed by atoms with Gasteiger partial charge in [0.1, 0.15) is 17.3 Å². The number of benzene rings is 5. The summed E-state index contributed by atoms with van der Waals surface area (Å²) in [5.74, 6) is -2.58. The number of ketones is 1. The number of hydrogen-bond donors (Lipinski definition) is 0. The fourth-order valence-corrected chi connectivity index (χ4v) is 8.48. The van der Waals surface area contributed by atoms with Gasteiger partial charge in [-0.25, -0.2) is 9.29 Å². The van der Waals surface area contributed by atoms with Crippen LogP contribution >= 0.6 is 0 Å². The number of nitrogens with zero attached hydrogens (tertiary/aromatic N) is 1. The van der Waals surface area contributed by atoms with Gasteiger partial charge in [-0.15, -0.1) is 0 Å². The van der Waals surface area contributed by atoms with Gasteiger partial charge in [0.2, 0.25) is 11.8 Å². The number of allylic oxidation sites excluding steroid dienone is 2. The average molecular weight is 636 g/mol. The molecule has 1 saturated carbocycles. The molecule has 48 heavy (non-hydrogen) atoms. The van der Waals surface area contributed by atoms with Gasteiger partial charge in [0.25, 0.3) is 0 Å². The van der Waals surface area contributed by atoms with Crippen molar-refractivity contribution in [1.29, 1.82) is 0 Å². The standard InChI is InChI=1S/C41H30FNO5/c1-47-31-21-13-25(14-22-31)33-34(26-15-23-32(48-2)24-16-26)41(28-11-7-4-8-12-28)36-35(40(33,39(41)46)27-9-5-3-6-10-27)37(44)43(38(36)45)30-19-17-29(42)18-20-30/h3-24,35-36H,1-2H3/t35-,36+,40-,41-/m1/s1. The van der Waals surface area contributed by atoms with E-state index in [4.69, 9.17) is 9.47 Å². The molecule has 5 aromatic rings. The zero-order chi connectivity index (χ0) is 33.2. The van der Waals surface area contributed by atoms with Crippen LogP contribution in [0.4, 0.5) is 10.1 Å². The number of Topliss-reactive ketones (excluding diaryl/α,β-unsaturated/α-hetero) is 1. The van der Waals surface area contributed by atoms with Crippen molar-refractivity contribution in [3.8, 4) is 11.5 Å². The first kappa shape index (κ1) is 29.6. The van der Waals surface area contributed by atoms with Gasteiger partial charge in [-0.3, -0.25) is 14.4 Å². The van der Waals surface area contributed by atoms with Gasteiger partial charge >= 0.3 is 0 Å². The number of anilines is 1. The summed E-state index contributed by atoms with van der Waals surface area (Å²) in [4.78, 5) is 47.1. The van der Waals surface area contributed by atoms with Crippen LogP contribution in [0.3, 0.4) is 0 Å². The molecule has 2 amide bonds. The Morgan fingerprint density at radius 1 is 0.542 bits per heavy atom. The number of fused-ring (bicyclic) bond motifs is 5. The second-order valence-electron chi connectivity index (χ2n) is 12.3. The van der Waals surface area contributed by atoms with Gasteiger partial charge in [0.05, 0.1) is 42.6 Å². The highest BCUT2D eigenvalue weighted by molar-refractivity contribution is 6.39. The molecule has 0 N–H and O–H groups in total. The van der Waals surface area contributed by atoms with Crippen molar-refractivity contribution < 1.29 is 28.2 Å². The summed E-state index contributed by atoms with van der Waals surface area (Å²) in [6.45, 7) is 0. The maximum atomic E-state index is 16.0. The molecule has 2 bridgehead atoms. The van der Waals surface area contributed by atoms with E-state index < -0.39 is 40.3 Å². The zero-order valence-electron chi connectivity index (χ0n) is 26.2. The van der Waals surface area contributed by atoms with Gasteiger partial charge in [0, 0.05) is 0 Å². The van der Waals surface area contributed by atoms with Gasteiger partial charge in [-0.05, 0) is 81.9 Å². The van der Waals surface area contributed by atoms with Gasteiger partial charge in [-0.1, -0.05) is 84.9 Å². The summed E-state index contributed by atoms with van der Waals surface area (Å²) in [6, 6.07) is 38.9. The lowest BCUT2D eigenvalue weighted by Gasteiger charge is -2.39. The molecule has 1 aliphatic heterocycles. The van der Waals surface area contributed by atoms with E-state index >= 15 is 4.79 Å². The normalized spacial score (nSPS) is 24.3. The highest BCUT2D eigenvalue weighted by Gasteiger charge is 2.82. The minimum Gasteiger partial charge on any atom is -0.497 e. The first-order valence-corrected chi connectivity index (χ1v) is 15.7. The predicted octanol–water partition coefficient (Wildman–Crippen LogP) is 7.03. The molecule has 7 heteroatoms. The number of halogens is 1. The third kappa shape index (κ3) is 3.75. The molecule has 0 unspecified atom stereocenters. The summed E-state index contributed by atoms with van der Waals surface area (Å²) in [6.07, 6.45) is 0. The number of carbonyl (C=O) groups excluding carboxylic acids is 3. The van der Waals surface area contributed by atoms with Crippen LogP contribution in [0.25, 0.3) is 11.1 Å². The van der Waals surface area contributed by atoms with Crippen molar-refractivity contribution >= 4 is 34.4 Å². The van der Waals surface area contributed by atoms with Crippen LogP contribution in [0, 0.1) is 17.7 Å². The van der Waals surface area contributed by atoms with Crippen molar-refractivity contribution in [1.82, 2.24) is 0 Å². The lowest BCUT2D eigenvalue weighted by atomic mass is 9.59. The zero-order valence-corrected chi connectivity index (χ0v) is 26.2. The van der Waals surface area contributed by atoms with Crippen molar-refractivity contribution in [3.05, 3.63) is 162 Å². The highest BCUT2D eigenvalue weighted by atomic mass is 19.1. The maximum absolute atomic E-state index is 16.0. The molecule has 4 atom stereocenters. The van der Waals surface area contributed by atoms with E-state index in [0.29, 0.717) is 33.8 Å². The van der Waals surface area contributed by atoms with Gasteiger partial charge in [0.15, 0.2) is 5.78 Å². The van der Waals surface area contributed by atoms with Crippen molar-refractivity contribution in [2.24, 2.45) is 11.8 Å². The average Bonchev–Trinajstić information content (AvgIpc) is 3.65. The number of imide groups is 1. The van der Waals surface area contributed by atoms with Gasteiger partial charge < -0.3 is 9.47 Å². The molecule has 5 aromatic carbocycles. The monoisotopic (exact) mass is 635 g/mol. The third-order valence-corrected chi connectivity index (χ3v) is 10.3. The largest absolute Gasteiger partial charge is 0.497 e. The van der Waals surface area contributed by atoms with Crippen molar-refractivity contribution in [3.63, 3.8) is 0 Å². The van der Waals surface area contributed by atoms with Crippen LogP contribution in [0.5, 0.6) is 11.5 Å². The second kappa shape index (κ2) is 10.9. The summed E-state index contributed by atoms with van der Waals surface area (Å²) in [5.41, 5.74) is 1.21. The van der Waals surface area contributed by atoms with Crippen LogP contribution < -0.4 is 14.4 Å². The van der Waals surface area contributed by atoms with Crippen LogP contribution in [-0.2, 0) is 25.2 Å². The molecule has 0 aromatic heterocycles. The number of rotatable bonds is 7. The summed E-state index contributed by atoms with van der Waals surface area (Å²) >= 11 is 0. The molecule has 236 valence electrons. The molecule has 0 radical (unpaired) electrons. The van der Waals surface area contributed by atoms with Crippen LogP contribution in [0.2, 0.25) is 0 Å².